The van der Waals surface area contributed by atoms with Gasteiger partial charge in [-0.15, -0.1) is 0 Å². The first-order valence-corrected chi connectivity index (χ1v) is 6.92. The molecule has 0 aliphatic heterocycles. The fraction of sp³-hybridized carbons (Fsp3) is 1.00. The maximum Gasteiger partial charge on any atom is 0.144 e. The zero-order valence-corrected chi connectivity index (χ0v) is 7.66. The fourth-order valence-electron chi connectivity index (χ4n) is 0.198. The van der Waals surface area contributed by atoms with Gasteiger partial charge in [0.25, 0.3) is 0 Å². The zero-order valence-electron chi connectivity index (χ0n) is 4.43. The summed E-state index contributed by atoms with van der Waals surface area (Å²) in [5.41, 5.74) is 0. The fourth-order valence-corrected chi connectivity index (χ4v) is 1.23. The van der Waals surface area contributed by atoms with Gasteiger partial charge in [0.2, 0.25) is 0 Å². The van der Waals surface area contributed by atoms with Crippen molar-refractivity contribution < 1.29 is 4.74 Å². The van der Waals surface area contributed by atoms with E-state index in [9.17, 15) is 0 Å². The monoisotopic (exact) mass is 192 g/mol. The van der Waals surface area contributed by atoms with E-state index < -0.39 is 4.74 Å². The lowest BCUT2D eigenvalue weighted by Gasteiger charge is -2.02. The van der Waals surface area contributed by atoms with Crippen molar-refractivity contribution in [2.45, 2.75) is 6.92 Å². The van der Waals surface area contributed by atoms with Crippen molar-refractivity contribution in [3.05, 3.63) is 0 Å². The highest BCUT2D eigenvalue weighted by molar-refractivity contribution is 8.38. The van der Waals surface area contributed by atoms with E-state index in [1.807, 2.05) is 6.92 Å². The van der Waals surface area contributed by atoms with Crippen molar-refractivity contribution in [3.8, 4) is 0 Å². The lowest BCUT2D eigenvalue weighted by atomic mass is 10.9. The van der Waals surface area contributed by atoms with E-state index in [0.29, 0.717) is 13.0 Å². The highest BCUT2D eigenvalue weighted by Crippen LogP contribution is 2.56. The molecule has 0 aliphatic carbocycles. The third-order valence-electron chi connectivity index (χ3n) is 0.446. The van der Waals surface area contributed by atoms with Crippen LogP contribution in [-0.2, 0) is 16.5 Å². The van der Waals surface area contributed by atoms with Crippen LogP contribution in [-0.4, -0.2) is 13.0 Å². The summed E-state index contributed by atoms with van der Waals surface area (Å²) in [5, 5.41) is 0. The minimum absolute atomic E-state index is 0.321. The maximum absolute atomic E-state index is 5.48. The molecule has 0 bridgehead atoms. The molecule has 0 aromatic carbocycles. The molecule has 0 spiro atoms. The molecule has 0 fully saturated rings. The summed E-state index contributed by atoms with van der Waals surface area (Å²) in [6.45, 7) is 2.50. The van der Waals surface area contributed by atoms with Crippen LogP contribution < -0.4 is 0 Å². The van der Waals surface area contributed by atoms with E-state index in [-0.39, 0.29) is 0 Å². The number of ether oxygens (including phenoxy) is 1. The maximum atomic E-state index is 5.48. The molecule has 0 heterocycles. The smallest absolute Gasteiger partial charge is 0.144 e. The van der Waals surface area contributed by atoms with Gasteiger partial charge in [-0.3, -0.25) is 0 Å². The van der Waals surface area contributed by atoms with Crippen molar-refractivity contribution >= 4 is 39.0 Å². The highest BCUT2D eigenvalue weighted by atomic mass is 35.9. The Kier molecular flexibility index (Phi) is 4.68. The van der Waals surface area contributed by atoms with Crippen LogP contribution in [0.3, 0.4) is 0 Å². The minimum Gasteiger partial charge on any atom is -0.374 e. The first-order chi connectivity index (χ1) is 3.56. The zero-order chi connectivity index (χ0) is 6.62. The molecule has 5 heteroatoms. The first kappa shape index (κ1) is 9.19. The predicted octanol–water partition coefficient (Wildman–Crippen LogP) is 2.77. The third kappa shape index (κ3) is 7.19. The van der Waals surface area contributed by atoms with Gasteiger partial charge in [-0.05, 0) is 6.92 Å². The predicted molar refractivity (Wildman–Crippen MR) is 42.5 cm³/mol. The van der Waals surface area contributed by atoms with E-state index in [0.717, 1.165) is 0 Å². The van der Waals surface area contributed by atoms with Gasteiger partial charge in [-0.2, -0.15) is 0 Å². The van der Waals surface area contributed by atoms with Crippen LogP contribution in [0.4, 0.5) is 0 Å². The number of halogens is 2. The summed E-state index contributed by atoms with van der Waals surface area (Å²) in [4.78, 5) is 0. The van der Waals surface area contributed by atoms with Crippen LogP contribution in [0.15, 0.2) is 0 Å². The van der Waals surface area contributed by atoms with Crippen LogP contribution in [0.5, 0.6) is 0 Å². The minimum atomic E-state index is -2.13. The van der Waals surface area contributed by atoms with Crippen LogP contribution in [0.2, 0.25) is 0 Å². The molecular weight excluding hydrogens is 186 g/mol. The Morgan fingerprint density at radius 3 is 2.25 bits per heavy atom. The molecule has 0 atom stereocenters. The molecule has 0 unspecified atom stereocenters. The Hall–Kier alpha value is 1.19. The normalized spacial score (nSPS) is 11.9. The summed E-state index contributed by atoms with van der Waals surface area (Å²) >= 11 is 15.6. The molecule has 0 N–H and O–H groups in total. The largest absolute Gasteiger partial charge is 0.374 e. The van der Waals surface area contributed by atoms with E-state index in [4.69, 9.17) is 27.2 Å². The van der Waals surface area contributed by atoms with E-state index in [1.54, 1.807) is 0 Å². The van der Waals surface area contributed by atoms with E-state index in [2.05, 4.69) is 11.8 Å². The van der Waals surface area contributed by atoms with Gasteiger partial charge >= 0.3 is 0 Å². The lowest BCUT2D eigenvalue weighted by Crippen LogP contribution is -1.86. The SMILES string of the molecule is CCOCP(=S)(Cl)Cl. The molecule has 0 aliphatic rings. The summed E-state index contributed by atoms with van der Waals surface area (Å²) in [6.07, 6.45) is 0.321. The second-order valence-corrected chi connectivity index (χ2v) is 9.64. The Bertz CT molecular complexity index is 101. The average molecular weight is 193 g/mol. The van der Waals surface area contributed by atoms with Crippen molar-refractivity contribution in [1.82, 2.24) is 0 Å². The van der Waals surface area contributed by atoms with Gasteiger partial charge < -0.3 is 4.74 Å². The Balaban J connectivity index is 3.26. The summed E-state index contributed by atoms with van der Waals surface area (Å²) in [6, 6.07) is 0. The van der Waals surface area contributed by atoms with Gasteiger partial charge in [0.05, 0.1) is 0 Å². The molecule has 1 nitrogen and oxygen atoms in total. The first-order valence-electron chi connectivity index (χ1n) is 2.12. The Labute approximate surface area is 63.9 Å². The van der Waals surface area contributed by atoms with Crippen LogP contribution in [0, 0.1) is 0 Å². The van der Waals surface area contributed by atoms with Gasteiger partial charge in [0, 0.05) is 6.61 Å². The van der Waals surface area contributed by atoms with Gasteiger partial charge in [0.1, 0.15) is 11.1 Å². The number of hydrogen-bond acceptors (Lipinski definition) is 2. The molecule has 50 valence electrons. The van der Waals surface area contributed by atoms with Gasteiger partial charge in [-0.25, -0.2) is 0 Å². The average Bonchev–Trinajstić information content (AvgIpc) is 1.59. The Morgan fingerprint density at radius 1 is 1.62 bits per heavy atom. The molecule has 0 amide bonds. The van der Waals surface area contributed by atoms with Crippen molar-refractivity contribution in [3.63, 3.8) is 0 Å². The topological polar surface area (TPSA) is 9.23 Å². The molecule has 0 radical (unpaired) electrons. The number of hydrogen-bond donors (Lipinski definition) is 0. The molecule has 0 saturated carbocycles. The second-order valence-electron chi connectivity index (χ2n) is 1.19. The van der Waals surface area contributed by atoms with Crippen LogP contribution >= 0.6 is 27.2 Å². The lowest BCUT2D eigenvalue weighted by molar-refractivity contribution is 0.197. The number of rotatable bonds is 3. The summed E-state index contributed by atoms with van der Waals surface area (Å²) in [7, 11) is 0. The molecule has 8 heavy (non-hydrogen) atoms. The molecule has 0 saturated heterocycles. The van der Waals surface area contributed by atoms with Crippen LogP contribution in [0.25, 0.3) is 0 Å². The quantitative estimate of drug-likeness (QED) is 0.637. The Morgan fingerprint density at radius 2 is 2.12 bits per heavy atom. The van der Waals surface area contributed by atoms with Crippen molar-refractivity contribution in [1.29, 1.82) is 0 Å². The molecule has 0 aromatic heterocycles. The van der Waals surface area contributed by atoms with Gasteiger partial charge in [-0.1, -0.05) is 34.3 Å². The molecule has 0 aromatic rings. The highest BCUT2D eigenvalue weighted by Gasteiger charge is 2.05. The molecular formula is C3H7Cl2OPS. The molecule has 0 rings (SSSR count). The second kappa shape index (κ2) is 4.08. The van der Waals surface area contributed by atoms with Crippen molar-refractivity contribution in [2.75, 3.05) is 13.0 Å². The van der Waals surface area contributed by atoms with Crippen LogP contribution in [0.1, 0.15) is 6.92 Å². The van der Waals surface area contributed by atoms with E-state index in [1.165, 1.54) is 0 Å². The summed E-state index contributed by atoms with van der Waals surface area (Å²) < 4.78 is 2.75. The standard InChI is InChI=1S/C3H7Cl2OPS/c1-2-6-3-7(4,5)8/h2-3H2,1H3. The summed E-state index contributed by atoms with van der Waals surface area (Å²) in [5.74, 6) is 0. The third-order valence-corrected chi connectivity index (χ3v) is 1.83. The van der Waals surface area contributed by atoms with Crippen molar-refractivity contribution in [2.24, 2.45) is 0 Å². The van der Waals surface area contributed by atoms with E-state index >= 15 is 0 Å². The van der Waals surface area contributed by atoms with Gasteiger partial charge in [0.15, 0.2) is 0 Å².